The lowest BCUT2D eigenvalue weighted by molar-refractivity contribution is 0.380. The summed E-state index contributed by atoms with van der Waals surface area (Å²) in [6.07, 6.45) is 0. The molecule has 0 bridgehead atoms. The topological polar surface area (TPSA) is 94.8 Å². The van der Waals surface area contributed by atoms with Crippen molar-refractivity contribution >= 4 is 0 Å². The molecule has 0 amide bonds. The average molecular weight is 140 g/mol. The van der Waals surface area contributed by atoms with Crippen molar-refractivity contribution in [2.45, 2.75) is 6.54 Å². The zero-order chi connectivity index (χ0) is 7.40. The van der Waals surface area contributed by atoms with Crippen LogP contribution in [0.3, 0.4) is 0 Å². The predicted molar refractivity (Wildman–Crippen MR) is 32.2 cm³/mol. The molecule has 0 unspecified atom stereocenters. The van der Waals surface area contributed by atoms with Gasteiger partial charge in [0.25, 0.3) is 5.56 Å². The molecule has 52 valence electrons. The van der Waals surface area contributed by atoms with Crippen LogP contribution in [0.2, 0.25) is 0 Å². The van der Waals surface area contributed by atoms with E-state index >= 15 is 0 Å². The lowest BCUT2D eigenvalue weighted by Gasteiger charge is -1.78. The van der Waals surface area contributed by atoms with E-state index in [1.165, 1.54) is 6.07 Å². The van der Waals surface area contributed by atoms with Gasteiger partial charge in [-0.15, -0.1) is 0 Å². The molecule has 1 aromatic rings. The number of aromatic nitrogens is 1. The maximum atomic E-state index is 10.4. The highest BCUT2D eigenvalue weighted by Gasteiger charge is 1.94. The average Bonchev–Trinajstić information content (AvgIpc) is 2.31. The Bertz CT molecular complexity index is 305. The Morgan fingerprint density at radius 3 is 3.20 bits per heavy atom. The van der Waals surface area contributed by atoms with Gasteiger partial charge in [0, 0.05) is 11.0 Å². The van der Waals surface area contributed by atoms with Crippen LogP contribution in [0.5, 0.6) is 0 Å². The summed E-state index contributed by atoms with van der Waals surface area (Å²) in [5, 5.41) is 5.25. The lowest BCUT2D eigenvalue weighted by atomic mass is 10.5. The SMILES string of the molecule is [N-]=[N+]=NCc1cc(=O)[nH]o1. The molecule has 0 aliphatic heterocycles. The van der Waals surface area contributed by atoms with Crippen LogP contribution in [0.15, 0.2) is 20.5 Å². The first-order valence-electron chi connectivity index (χ1n) is 2.51. The van der Waals surface area contributed by atoms with Gasteiger partial charge < -0.3 is 4.52 Å². The van der Waals surface area contributed by atoms with E-state index in [1.807, 2.05) is 0 Å². The van der Waals surface area contributed by atoms with E-state index in [0.717, 1.165) is 0 Å². The predicted octanol–water partition coefficient (Wildman–Crippen LogP) is 0.778. The van der Waals surface area contributed by atoms with Crippen LogP contribution in [0.4, 0.5) is 0 Å². The molecule has 6 nitrogen and oxygen atoms in total. The second kappa shape index (κ2) is 2.75. The van der Waals surface area contributed by atoms with Crippen LogP contribution < -0.4 is 5.56 Å². The van der Waals surface area contributed by atoms with E-state index in [-0.39, 0.29) is 12.1 Å². The van der Waals surface area contributed by atoms with E-state index in [1.54, 1.807) is 0 Å². The molecule has 0 aliphatic carbocycles. The summed E-state index contributed by atoms with van der Waals surface area (Å²) < 4.78 is 4.56. The molecule has 0 spiro atoms. The van der Waals surface area contributed by atoms with Gasteiger partial charge in [0.1, 0.15) is 5.76 Å². The molecule has 0 aromatic carbocycles. The van der Waals surface area contributed by atoms with Gasteiger partial charge in [-0.05, 0) is 5.53 Å². The van der Waals surface area contributed by atoms with Crippen LogP contribution in [0, 0.1) is 0 Å². The fraction of sp³-hybridized carbons (Fsp3) is 0.250. The Kier molecular flexibility index (Phi) is 1.77. The van der Waals surface area contributed by atoms with E-state index in [0.29, 0.717) is 5.76 Å². The minimum Gasteiger partial charge on any atom is -0.383 e. The van der Waals surface area contributed by atoms with Crippen molar-refractivity contribution in [2.24, 2.45) is 5.11 Å². The number of aromatic amines is 1. The summed E-state index contributed by atoms with van der Waals surface area (Å²) in [6, 6.07) is 1.23. The fourth-order valence-corrected chi connectivity index (χ4v) is 0.500. The lowest BCUT2D eigenvalue weighted by Crippen LogP contribution is -1.92. The number of hydrogen-bond acceptors (Lipinski definition) is 3. The van der Waals surface area contributed by atoms with Crippen molar-refractivity contribution in [3.05, 3.63) is 32.6 Å². The molecule has 1 N–H and O–H groups in total. The highest BCUT2D eigenvalue weighted by atomic mass is 16.5. The molecular formula is C4H4N4O2. The first-order valence-corrected chi connectivity index (χ1v) is 2.51. The third-order valence-electron chi connectivity index (χ3n) is 0.865. The summed E-state index contributed by atoms with van der Waals surface area (Å²) in [7, 11) is 0. The molecular weight excluding hydrogens is 136 g/mol. The van der Waals surface area contributed by atoms with Crippen molar-refractivity contribution in [3.63, 3.8) is 0 Å². The van der Waals surface area contributed by atoms with Crippen molar-refractivity contribution in [3.8, 4) is 0 Å². The van der Waals surface area contributed by atoms with Gasteiger partial charge in [0.2, 0.25) is 0 Å². The van der Waals surface area contributed by atoms with E-state index in [9.17, 15) is 4.79 Å². The number of nitrogens with one attached hydrogen (secondary N) is 1. The first-order chi connectivity index (χ1) is 4.83. The Hall–Kier alpha value is -1.68. The molecule has 6 heteroatoms. The van der Waals surface area contributed by atoms with Crippen LogP contribution in [-0.4, -0.2) is 5.16 Å². The quantitative estimate of drug-likeness (QED) is 0.373. The monoisotopic (exact) mass is 140 g/mol. The Morgan fingerprint density at radius 2 is 2.70 bits per heavy atom. The van der Waals surface area contributed by atoms with Gasteiger partial charge in [-0.1, -0.05) is 5.11 Å². The maximum Gasteiger partial charge on any atom is 0.280 e. The Labute approximate surface area is 55.1 Å². The smallest absolute Gasteiger partial charge is 0.280 e. The maximum absolute atomic E-state index is 10.4. The van der Waals surface area contributed by atoms with Crippen molar-refractivity contribution in [1.82, 2.24) is 5.16 Å². The largest absolute Gasteiger partial charge is 0.383 e. The molecule has 0 aliphatic rings. The van der Waals surface area contributed by atoms with Crippen molar-refractivity contribution < 1.29 is 4.52 Å². The zero-order valence-corrected chi connectivity index (χ0v) is 4.94. The number of hydrogen-bond donors (Lipinski definition) is 1. The second-order valence-corrected chi connectivity index (χ2v) is 1.57. The van der Waals surface area contributed by atoms with Crippen molar-refractivity contribution in [1.29, 1.82) is 0 Å². The van der Waals surface area contributed by atoms with Gasteiger partial charge in [-0.3, -0.25) is 4.79 Å². The highest BCUT2D eigenvalue weighted by molar-refractivity contribution is 4.92. The van der Waals surface area contributed by atoms with Gasteiger partial charge in [-0.2, -0.15) is 5.16 Å². The molecule has 0 radical (unpaired) electrons. The van der Waals surface area contributed by atoms with Crippen LogP contribution in [0.25, 0.3) is 10.4 Å². The van der Waals surface area contributed by atoms with E-state index in [2.05, 4.69) is 19.7 Å². The third kappa shape index (κ3) is 1.40. The molecule has 0 saturated heterocycles. The van der Waals surface area contributed by atoms with Crippen LogP contribution in [0.1, 0.15) is 5.76 Å². The normalized spacial score (nSPS) is 8.80. The van der Waals surface area contributed by atoms with Crippen molar-refractivity contribution in [2.75, 3.05) is 0 Å². The van der Waals surface area contributed by atoms with Gasteiger partial charge in [-0.25, -0.2) is 0 Å². The molecule has 0 saturated carbocycles. The standard InChI is InChI=1S/C4H4N4O2/c5-8-6-2-3-1-4(9)7-10-3/h1H,2H2,(H,7,9). The molecule has 10 heavy (non-hydrogen) atoms. The summed E-state index contributed by atoms with van der Waals surface area (Å²) in [4.78, 5) is 12.9. The molecule has 0 fully saturated rings. The van der Waals surface area contributed by atoms with E-state index < -0.39 is 0 Å². The van der Waals surface area contributed by atoms with Gasteiger partial charge >= 0.3 is 0 Å². The van der Waals surface area contributed by atoms with Gasteiger partial charge in [0.15, 0.2) is 0 Å². The van der Waals surface area contributed by atoms with Crippen LogP contribution in [-0.2, 0) is 6.54 Å². The molecule has 1 heterocycles. The second-order valence-electron chi connectivity index (χ2n) is 1.57. The summed E-state index contributed by atoms with van der Waals surface area (Å²) in [6.45, 7) is 0.0647. The number of nitrogens with zero attached hydrogens (tertiary/aromatic N) is 3. The summed E-state index contributed by atoms with van der Waals surface area (Å²) >= 11 is 0. The Morgan fingerprint density at radius 1 is 1.90 bits per heavy atom. The number of rotatable bonds is 2. The number of azide groups is 1. The third-order valence-corrected chi connectivity index (χ3v) is 0.865. The highest BCUT2D eigenvalue weighted by Crippen LogP contribution is 1.93. The fourth-order valence-electron chi connectivity index (χ4n) is 0.500. The molecule has 0 atom stereocenters. The van der Waals surface area contributed by atoms with E-state index in [4.69, 9.17) is 5.53 Å². The molecule has 1 aromatic heterocycles. The van der Waals surface area contributed by atoms with Crippen LogP contribution >= 0.6 is 0 Å². The minimum absolute atomic E-state index is 0.0647. The number of H-pyrrole nitrogens is 1. The zero-order valence-electron chi connectivity index (χ0n) is 4.94. The minimum atomic E-state index is -0.330. The Balaban J connectivity index is 2.76. The summed E-state index contributed by atoms with van der Waals surface area (Å²) in [5.74, 6) is 0.336. The summed E-state index contributed by atoms with van der Waals surface area (Å²) in [5.41, 5.74) is 7.53. The van der Waals surface area contributed by atoms with Gasteiger partial charge in [0.05, 0.1) is 6.54 Å². The molecule has 1 rings (SSSR count). The first kappa shape index (κ1) is 6.44.